The molecular weight excluding hydrogens is 590 g/mol. The van der Waals surface area contributed by atoms with Crippen molar-refractivity contribution >= 4 is 22.9 Å². The number of piperidine rings is 1. The molecule has 9 heteroatoms. The first-order chi connectivity index (χ1) is 23.0. The Kier molecular flexibility index (Phi) is 10.0. The minimum Gasteiger partial charge on any atom is -0.493 e. The van der Waals surface area contributed by atoms with E-state index in [0.29, 0.717) is 41.9 Å². The Balaban J connectivity index is 1.12. The molecule has 0 radical (unpaired) electrons. The number of amides is 1. The van der Waals surface area contributed by atoms with Crippen molar-refractivity contribution in [3.8, 4) is 17.2 Å². The van der Waals surface area contributed by atoms with Crippen LogP contribution in [0.4, 0.5) is 5.95 Å². The summed E-state index contributed by atoms with van der Waals surface area (Å²) in [5.74, 6) is 2.38. The first kappa shape index (κ1) is 32.4. The van der Waals surface area contributed by atoms with E-state index in [0.717, 1.165) is 68.8 Å². The summed E-state index contributed by atoms with van der Waals surface area (Å²) < 4.78 is 18.8. The number of nitrogens with one attached hydrogen (secondary N) is 1. The van der Waals surface area contributed by atoms with Gasteiger partial charge in [-0.15, -0.1) is 0 Å². The summed E-state index contributed by atoms with van der Waals surface area (Å²) in [6.45, 7) is 7.29. The number of imidazole rings is 1. The summed E-state index contributed by atoms with van der Waals surface area (Å²) in [4.78, 5) is 23.4. The zero-order valence-corrected chi connectivity index (χ0v) is 28.1. The summed E-state index contributed by atoms with van der Waals surface area (Å²) in [6, 6.07) is 23.0. The van der Waals surface area contributed by atoms with E-state index < -0.39 is 0 Å². The summed E-state index contributed by atoms with van der Waals surface area (Å²) in [5.41, 5.74) is 3.92. The third-order valence-electron chi connectivity index (χ3n) is 9.94. The average molecular weight is 638 g/mol. The fourth-order valence-corrected chi connectivity index (χ4v) is 7.25. The van der Waals surface area contributed by atoms with Crippen LogP contribution in [0.3, 0.4) is 0 Å². The predicted octanol–water partition coefficient (Wildman–Crippen LogP) is 6.39. The van der Waals surface area contributed by atoms with Crippen LogP contribution in [0.5, 0.6) is 17.2 Å². The van der Waals surface area contributed by atoms with Gasteiger partial charge in [0.15, 0.2) is 11.5 Å². The fraction of sp³-hybridized carbons (Fsp3) is 0.421. The van der Waals surface area contributed by atoms with Gasteiger partial charge in [-0.1, -0.05) is 54.6 Å². The van der Waals surface area contributed by atoms with Gasteiger partial charge in [0, 0.05) is 49.7 Å². The number of para-hydroxylation sites is 2. The Bertz CT molecular complexity index is 1670. The maximum atomic E-state index is 13.9. The minimum absolute atomic E-state index is 0.0191. The quantitative estimate of drug-likeness (QED) is 0.180. The Morgan fingerprint density at radius 2 is 1.66 bits per heavy atom. The number of likely N-dealkylation sites (tertiary alicyclic amines) is 2. The molecule has 0 bridgehead atoms. The molecule has 0 aliphatic carbocycles. The number of anilines is 1. The van der Waals surface area contributed by atoms with Crippen molar-refractivity contribution in [3.63, 3.8) is 0 Å². The zero-order chi connectivity index (χ0) is 32.8. The molecule has 0 spiro atoms. The Labute approximate surface area is 278 Å². The van der Waals surface area contributed by atoms with Crippen LogP contribution in [0.25, 0.3) is 11.0 Å². The maximum Gasteiger partial charge on any atom is 0.254 e. The highest BCUT2D eigenvalue weighted by Crippen LogP contribution is 2.41. The monoisotopic (exact) mass is 637 g/mol. The molecule has 2 aliphatic rings. The lowest BCUT2D eigenvalue weighted by Gasteiger charge is -2.36. The van der Waals surface area contributed by atoms with Crippen molar-refractivity contribution in [1.29, 1.82) is 0 Å². The number of rotatable bonds is 12. The Hall–Kier alpha value is -4.50. The molecule has 3 aromatic carbocycles. The summed E-state index contributed by atoms with van der Waals surface area (Å²) >= 11 is 0. The molecule has 1 unspecified atom stereocenters. The number of ether oxygens (including phenoxy) is 3. The number of benzene rings is 3. The fourth-order valence-electron chi connectivity index (χ4n) is 7.25. The van der Waals surface area contributed by atoms with Crippen molar-refractivity contribution in [2.24, 2.45) is 0 Å². The molecule has 1 atom stereocenters. The van der Waals surface area contributed by atoms with E-state index in [4.69, 9.17) is 19.2 Å². The standard InChI is InChI=1S/C38H47N5O4/c1-5-6-20-43-32-15-11-10-14-31(32)40-37(43)39-30-16-21-41(22-17-30)23-18-38(29-12-8-7-9-13-29)19-24-42(27-38)36(44)28-25-33(45-2)35(47-4)34(26-28)46-3/h5-15,25-26,30H,16-24,27H2,1-4H3,(H,39,40)/b6-5+. The molecule has 2 fully saturated rings. The van der Waals surface area contributed by atoms with E-state index in [9.17, 15) is 4.79 Å². The SMILES string of the molecule is C/C=C/Cn1c(NC2CCN(CCC3(c4ccccc4)CCN(C(=O)c4cc(OC)c(OC)c(OC)c4)C3)CC2)nc2ccccc21. The number of carbonyl (C=O) groups excluding carboxylic acids is 1. The number of nitrogens with zero attached hydrogens (tertiary/aromatic N) is 4. The van der Waals surface area contributed by atoms with Gasteiger partial charge in [-0.2, -0.15) is 0 Å². The Morgan fingerprint density at radius 3 is 2.34 bits per heavy atom. The van der Waals surface area contributed by atoms with E-state index in [1.165, 1.54) is 5.56 Å². The molecule has 9 nitrogen and oxygen atoms in total. The molecule has 6 rings (SSSR count). The lowest BCUT2D eigenvalue weighted by Crippen LogP contribution is -2.42. The average Bonchev–Trinajstić information content (AvgIpc) is 3.72. The van der Waals surface area contributed by atoms with Crippen LogP contribution < -0.4 is 19.5 Å². The highest BCUT2D eigenvalue weighted by molar-refractivity contribution is 5.96. The third-order valence-corrected chi connectivity index (χ3v) is 9.94. The van der Waals surface area contributed by atoms with Gasteiger partial charge in [-0.25, -0.2) is 4.98 Å². The summed E-state index contributed by atoms with van der Waals surface area (Å²) in [5, 5.41) is 3.78. The summed E-state index contributed by atoms with van der Waals surface area (Å²) in [6.07, 6.45) is 8.31. The highest BCUT2D eigenvalue weighted by atomic mass is 16.5. The lowest BCUT2D eigenvalue weighted by atomic mass is 9.76. The van der Waals surface area contributed by atoms with Gasteiger partial charge in [-0.3, -0.25) is 4.79 Å². The molecule has 248 valence electrons. The molecule has 47 heavy (non-hydrogen) atoms. The first-order valence-corrected chi connectivity index (χ1v) is 16.7. The van der Waals surface area contributed by atoms with E-state index >= 15 is 0 Å². The number of fused-ring (bicyclic) bond motifs is 1. The van der Waals surface area contributed by atoms with Gasteiger partial charge < -0.3 is 33.9 Å². The molecule has 3 heterocycles. The minimum atomic E-state index is -0.107. The van der Waals surface area contributed by atoms with Crippen LogP contribution >= 0.6 is 0 Å². The number of methoxy groups -OCH3 is 3. The Morgan fingerprint density at radius 1 is 0.957 bits per heavy atom. The number of carbonyl (C=O) groups is 1. The van der Waals surface area contributed by atoms with E-state index in [2.05, 4.69) is 82.4 Å². The highest BCUT2D eigenvalue weighted by Gasteiger charge is 2.42. The second-order valence-corrected chi connectivity index (χ2v) is 12.7. The molecule has 4 aromatic rings. The molecule has 1 N–H and O–H groups in total. The van der Waals surface area contributed by atoms with E-state index in [-0.39, 0.29) is 11.3 Å². The predicted molar refractivity (Wildman–Crippen MR) is 187 cm³/mol. The van der Waals surface area contributed by atoms with Crippen molar-refractivity contribution in [2.45, 2.75) is 50.6 Å². The van der Waals surface area contributed by atoms with Crippen LogP contribution in [-0.2, 0) is 12.0 Å². The van der Waals surface area contributed by atoms with Crippen molar-refractivity contribution < 1.29 is 19.0 Å². The molecule has 0 saturated carbocycles. The normalized spacial score (nSPS) is 19.0. The van der Waals surface area contributed by atoms with Gasteiger partial charge in [0.2, 0.25) is 11.7 Å². The van der Waals surface area contributed by atoms with Crippen LogP contribution in [0, 0.1) is 0 Å². The van der Waals surface area contributed by atoms with Gasteiger partial charge >= 0.3 is 0 Å². The number of aromatic nitrogens is 2. The number of hydrogen-bond acceptors (Lipinski definition) is 7. The number of allylic oxidation sites excluding steroid dienone is 2. The van der Waals surface area contributed by atoms with Crippen molar-refractivity contribution in [1.82, 2.24) is 19.4 Å². The summed E-state index contributed by atoms with van der Waals surface area (Å²) in [7, 11) is 4.71. The largest absolute Gasteiger partial charge is 0.493 e. The van der Waals surface area contributed by atoms with Crippen molar-refractivity contribution in [3.05, 3.63) is 90.0 Å². The smallest absolute Gasteiger partial charge is 0.254 e. The molecule has 1 amide bonds. The zero-order valence-electron chi connectivity index (χ0n) is 28.1. The van der Waals surface area contributed by atoms with Gasteiger partial charge in [-0.05, 0) is 69.0 Å². The topological polar surface area (TPSA) is 81.1 Å². The van der Waals surface area contributed by atoms with Crippen LogP contribution in [0.1, 0.15) is 48.5 Å². The third kappa shape index (κ3) is 6.81. The molecule has 2 aliphatic heterocycles. The molecule has 2 saturated heterocycles. The molecule has 1 aromatic heterocycles. The van der Waals surface area contributed by atoms with Gasteiger partial charge in [0.25, 0.3) is 5.91 Å². The van der Waals surface area contributed by atoms with Gasteiger partial charge in [0.05, 0.1) is 32.4 Å². The van der Waals surface area contributed by atoms with Crippen LogP contribution in [0.15, 0.2) is 78.9 Å². The van der Waals surface area contributed by atoms with E-state index in [1.807, 2.05) is 11.0 Å². The van der Waals surface area contributed by atoms with Crippen LogP contribution in [0.2, 0.25) is 0 Å². The van der Waals surface area contributed by atoms with Gasteiger partial charge in [0.1, 0.15) is 0 Å². The van der Waals surface area contributed by atoms with E-state index in [1.54, 1.807) is 33.5 Å². The first-order valence-electron chi connectivity index (χ1n) is 16.7. The van der Waals surface area contributed by atoms with Crippen molar-refractivity contribution in [2.75, 3.05) is 59.4 Å². The number of hydrogen-bond donors (Lipinski definition) is 1. The lowest BCUT2D eigenvalue weighted by molar-refractivity contribution is 0.0779. The second-order valence-electron chi connectivity index (χ2n) is 12.7. The maximum absolute atomic E-state index is 13.9. The molecular formula is C38H47N5O4. The second kappa shape index (κ2) is 14.5. The van der Waals surface area contributed by atoms with Crippen LogP contribution in [-0.4, -0.2) is 85.4 Å².